The van der Waals surface area contributed by atoms with Crippen LogP contribution in [-0.2, 0) is 19.6 Å². The Bertz CT molecular complexity index is 469. The molecule has 1 aliphatic rings. The van der Waals surface area contributed by atoms with E-state index in [4.69, 9.17) is 5.11 Å². The van der Waals surface area contributed by atoms with E-state index in [1.54, 1.807) is 0 Å². The Kier molecular flexibility index (Phi) is 6.60. The number of carbonyl (C=O) groups is 2. The first-order valence-electron chi connectivity index (χ1n) is 7.19. The summed E-state index contributed by atoms with van der Waals surface area (Å²) in [4.78, 5) is 22.1. The van der Waals surface area contributed by atoms with Gasteiger partial charge in [0.05, 0.1) is 6.42 Å². The van der Waals surface area contributed by atoms with Gasteiger partial charge in [0.2, 0.25) is 15.9 Å². The molecule has 3 N–H and O–H groups in total. The van der Waals surface area contributed by atoms with Crippen LogP contribution in [0.2, 0.25) is 0 Å². The molecule has 0 saturated heterocycles. The Hall–Kier alpha value is -1.15. The van der Waals surface area contributed by atoms with Crippen LogP contribution in [0.5, 0.6) is 0 Å². The van der Waals surface area contributed by atoms with E-state index in [-0.39, 0.29) is 12.5 Å². The summed E-state index contributed by atoms with van der Waals surface area (Å²) in [6, 6.07) is -0.698. The van der Waals surface area contributed by atoms with Crippen molar-refractivity contribution in [3.63, 3.8) is 0 Å². The van der Waals surface area contributed by atoms with Crippen molar-refractivity contribution in [1.29, 1.82) is 0 Å². The van der Waals surface area contributed by atoms with Crippen molar-refractivity contribution in [2.45, 2.75) is 58.0 Å². The van der Waals surface area contributed by atoms with Crippen molar-refractivity contribution in [1.82, 2.24) is 10.0 Å². The third kappa shape index (κ3) is 7.42. The van der Waals surface area contributed by atoms with Gasteiger partial charge in [0.25, 0.3) is 0 Å². The Morgan fingerprint density at radius 2 is 1.81 bits per heavy atom. The summed E-state index contributed by atoms with van der Waals surface area (Å²) in [5.41, 5.74) is 0. The molecular formula is C13H24N2O5S. The minimum absolute atomic E-state index is 0.101. The quantitative estimate of drug-likeness (QED) is 0.631. The SMILES string of the molecule is CC1CCC(NS(=O)(=O)CC(=O)NC(C)CC(=O)O)CC1. The van der Waals surface area contributed by atoms with Gasteiger partial charge in [0.15, 0.2) is 0 Å². The van der Waals surface area contributed by atoms with Gasteiger partial charge < -0.3 is 10.4 Å². The van der Waals surface area contributed by atoms with Gasteiger partial charge in [-0.1, -0.05) is 6.92 Å². The van der Waals surface area contributed by atoms with E-state index in [2.05, 4.69) is 17.0 Å². The zero-order valence-corrected chi connectivity index (χ0v) is 13.3. The van der Waals surface area contributed by atoms with Crippen LogP contribution >= 0.6 is 0 Å². The lowest BCUT2D eigenvalue weighted by molar-refractivity contribution is -0.137. The third-order valence-corrected chi connectivity index (χ3v) is 4.91. The van der Waals surface area contributed by atoms with E-state index in [1.165, 1.54) is 6.92 Å². The first-order valence-corrected chi connectivity index (χ1v) is 8.84. The molecule has 0 aromatic rings. The monoisotopic (exact) mass is 320 g/mol. The second-order valence-corrected chi connectivity index (χ2v) is 7.65. The number of carbonyl (C=O) groups excluding carboxylic acids is 1. The molecule has 1 atom stereocenters. The molecule has 0 aromatic carbocycles. The standard InChI is InChI=1S/C13H24N2O5S/c1-9-3-5-11(6-4-9)15-21(19,20)8-12(16)14-10(2)7-13(17)18/h9-11,15H,3-8H2,1-2H3,(H,14,16)(H,17,18). The molecule has 0 aromatic heterocycles. The van der Waals surface area contributed by atoms with Crippen LogP contribution in [0.25, 0.3) is 0 Å². The van der Waals surface area contributed by atoms with E-state index in [0.29, 0.717) is 5.92 Å². The summed E-state index contributed by atoms with van der Waals surface area (Å²) >= 11 is 0. The summed E-state index contributed by atoms with van der Waals surface area (Å²) in [7, 11) is -3.68. The molecule has 0 radical (unpaired) electrons. The van der Waals surface area contributed by atoms with E-state index < -0.39 is 33.7 Å². The second-order valence-electron chi connectivity index (χ2n) is 5.90. The number of amides is 1. The fourth-order valence-corrected chi connectivity index (χ4v) is 3.73. The van der Waals surface area contributed by atoms with E-state index in [1.807, 2.05) is 0 Å². The van der Waals surface area contributed by atoms with E-state index in [0.717, 1.165) is 25.7 Å². The van der Waals surface area contributed by atoms with Crippen LogP contribution in [0.4, 0.5) is 0 Å². The predicted octanol–water partition coefficient (Wildman–Crippen LogP) is 0.464. The van der Waals surface area contributed by atoms with E-state index >= 15 is 0 Å². The molecule has 0 heterocycles. The average Bonchev–Trinajstić information content (AvgIpc) is 2.29. The summed E-state index contributed by atoms with van der Waals surface area (Å²) in [5.74, 6) is -1.77. The molecule has 7 nitrogen and oxygen atoms in total. The number of sulfonamides is 1. The van der Waals surface area contributed by atoms with Crippen molar-refractivity contribution in [2.24, 2.45) is 5.92 Å². The van der Waals surface area contributed by atoms with Gasteiger partial charge in [-0.15, -0.1) is 0 Å². The second kappa shape index (κ2) is 7.74. The molecule has 8 heteroatoms. The minimum Gasteiger partial charge on any atom is -0.481 e. The van der Waals surface area contributed by atoms with Gasteiger partial charge >= 0.3 is 5.97 Å². The molecule has 1 rings (SSSR count). The molecule has 1 unspecified atom stereocenters. The third-order valence-electron chi connectivity index (χ3n) is 3.57. The maximum absolute atomic E-state index is 11.9. The first kappa shape index (κ1) is 17.9. The Labute approximate surface area is 125 Å². The van der Waals surface area contributed by atoms with Gasteiger partial charge in [-0.2, -0.15) is 0 Å². The van der Waals surface area contributed by atoms with Crippen LogP contribution in [-0.4, -0.2) is 43.2 Å². The van der Waals surface area contributed by atoms with E-state index in [9.17, 15) is 18.0 Å². The number of aliphatic carboxylic acids is 1. The van der Waals surface area contributed by atoms with Gasteiger partial charge in [0, 0.05) is 12.1 Å². The molecule has 1 aliphatic carbocycles. The molecule has 1 fully saturated rings. The molecular weight excluding hydrogens is 296 g/mol. The van der Waals surface area contributed by atoms with Crippen LogP contribution in [0.15, 0.2) is 0 Å². The van der Waals surface area contributed by atoms with Crippen LogP contribution < -0.4 is 10.0 Å². The zero-order chi connectivity index (χ0) is 16.0. The smallest absolute Gasteiger partial charge is 0.305 e. The largest absolute Gasteiger partial charge is 0.481 e. The number of carboxylic acid groups (broad SMARTS) is 1. The van der Waals surface area contributed by atoms with Crippen molar-refractivity contribution in [3.05, 3.63) is 0 Å². The molecule has 0 spiro atoms. The fraction of sp³-hybridized carbons (Fsp3) is 0.846. The van der Waals surface area contributed by atoms with Crippen molar-refractivity contribution in [3.8, 4) is 0 Å². The molecule has 21 heavy (non-hydrogen) atoms. The van der Waals surface area contributed by atoms with Gasteiger partial charge in [-0.3, -0.25) is 9.59 Å². The van der Waals surface area contributed by atoms with Gasteiger partial charge in [0.1, 0.15) is 5.75 Å². The highest BCUT2D eigenvalue weighted by molar-refractivity contribution is 7.90. The number of hydrogen-bond donors (Lipinski definition) is 3. The lowest BCUT2D eigenvalue weighted by atomic mass is 9.88. The van der Waals surface area contributed by atoms with Crippen molar-refractivity contribution < 1.29 is 23.1 Å². The Morgan fingerprint density at radius 1 is 1.24 bits per heavy atom. The van der Waals surface area contributed by atoms with Gasteiger partial charge in [-0.25, -0.2) is 13.1 Å². The van der Waals surface area contributed by atoms with Gasteiger partial charge in [-0.05, 0) is 38.5 Å². The van der Waals surface area contributed by atoms with Crippen molar-refractivity contribution >= 4 is 21.9 Å². The normalized spacial score (nSPS) is 24.3. The zero-order valence-electron chi connectivity index (χ0n) is 12.5. The Morgan fingerprint density at radius 3 is 2.33 bits per heavy atom. The predicted molar refractivity (Wildman–Crippen MR) is 78.2 cm³/mol. The van der Waals surface area contributed by atoms with Crippen LogP contribution in [0, 0.1) is 5.92 Å². The molecule has 1 amide bonds. The van der Waals surface area contributed by atoms with Crippen LogP contribution in [0.3, 0.4) is 0 Å². The number of nitrogens with one attached hydrogen (secondary N) is 2. The highest BCUT2D eigenvalue weighted by atomic mass is 32.2. The number of rotatable bonds is 7. The average molecular weight is 320 g/mol. The maximum atomic E-state index is 11.9. The summed E-state index contributed by atoms with van der Waals surface area (Å²) in [6.07, 6.45) is 3.30. The summed E-state index contributed by atoms with van der Waals surface area (Å²) in [5, 5.41) is 11.0. The molecule has 0 aliphatic heterocycles. The molecule has 1 saturated carbocycles. The fourth-order valence-electron chi connectivity index (χ4n) is 2.48. The number of hydrogen-bond acceptors (Lipinski definition) is 4. The highest BCUT2D eigenvalue weighted by Crippen LogP contribution is 2.23. The first-order chi connectivity index (χ1) is 9.68. The maximum Gasteiger partial charge on any atom is 0.305 e. The molecule has 0 bridgehead atoms. The van der Waals surface area contributed by atoms with Crippen LogP contribution in [0.1, 0.15) is 46.0 Å². The Balaban J connectivity index is 2.41. The summed E-state index contributed by atoms with van der Waals surface area (Å²) in [6.45, 7) is 3.66. The minimum atomic E-state index is -3.68. The lowest BCUT2D eigenvalue weighted by Crippen LogP contribution is -2.44. The number of carboxylic acids is 1. The molecule has 122 valence electrons. The lowest BCUT2D eigenvalue weighted by Gasteiger charge is -2.26. The highest BCUT2D eigenvalue weighted by Gasteiger charge is 2.25. The topological polar surface area (TPSA) is 113 Å². The summed E-state index contributed by atoms with van der Waals surface area (Å²) < 4.78 is 26.4. The van der Waals surface area contributed by atoms with Crippen molar-refractivity contribution in [2.75, 3.05) is 5.75 Å².